The molecule has 2 N–H and O–H groups in total. The number of nitrogens with zero attached hydrogens (tertiary/aromatic N) is 1. The molecule has 0 spiro atoms. The number of rotatable bonds is 6. The lowest BCUT2D eigenvalue weighted by molar-refractivity contribution is -0.385. The lowest BCUT2D eigenvalue weighted by atomic mass is 10.3. The molecule has 7 heteroatoms. The van der Waals surface area contributed by atoms with Gasteiger partial charge in [-0.15, -0.1) is 0 Å². The minimum atomic E-state index is -0.566. The third-order valence-corrected chi connectivity index (χ3v) is 2.98. The minimum absolute atomic E-state index is 0.0523. The van der Waals surface area contributed by atoms with Crippen molar-refractivity contribution >= 4 is 11.6 Å². The molecule has 1 aliphatic carbocycles. The molecule has 1 aromatic rings. The Balaban J connectivity index is 1.92. The average molecular weight is 266 g/mol. The molecule has 0 atom stereocenters. The van der Waals surface area contributed by atoms with Gasteiger partial charge >= 0.3 is 5.69 Å². The van der Waals surface area contributed by atoms with Crippen molar-refractivity contribution in [3.63, 3.8) is 0 Å². The van der Waals surface area contributed by atoms with Gasteiger partial charge < -0.3 is 15.2 Å². The molecule has 0 aliphatic heterocycles. The molecule has 1 aromatic carbocycles. The van der Waals surface area contributed by atoms with E-state index in [-0.39, 0.29) is 24.7 Å². The molecular weight excluding hydrogens is 252 g/mol. The minimum Gasteiger partial charge on any atom is -0.477 e. The van der Waals surface area contributed by atoms with Crippen LogP contribution in [0.25, 0.3) is 0 Å². The Morgan fingerprint density at radius 1 is 1.47 bits per heavy atom. The molecule has 7 nitrogen and oxygen atoms in total. The molecule has 1 saturated carbocycles. The van der Waals surface area contributed by atoms with Crippen molar-refractivity contribution < 1.29 is 19.6 Å². The highest BCUT2D eigenvalue weighted by molar-refractivity contribution is 5.79. The number of aliphatic hydroxyl groups excluding tert-OH is 1. The van der Waals surface area contributed by atoms with Gasteiger partial charge in [-0.2, -0.15) is 0 Å². The van der Waals surface area contributed by atoms with Crippen molar-refractivity contribution in [3.05, 3.63) is 34.4 Å². The second-order valence-electron chi connectivity index (χ2n) is 4.50. The summed E-state index contributed by atoms with van der Waals surface area (Å²) in [6, 6.07) is 5.86. The lowest BCUT2D eigenvalue weighted by Gasteiger charge is -2.14. The third-order valence-electron chi connectivity index (χ3n) is 2.98. The molecule has 19 heavy (non-hydrogen) atoms. The summed E-state index contributed by atoms with van der Waals surface area (Å²) in [5, 5.41) is 22.5. The predicted molar refractivity (Wildman–Crippen MR) is 65.8 cm³/mol. The number of aliphatic hydroxyl groups is 1. The first kappa shape index (κ1) is 13.3. The van der Waals surface area contributed by atoms with Gasteiger partial charge in [-0.25, -0.2) is 0 Å². The standard InChI is InChI=1S/C12H14N2O5/c15-8-12(5-6-12)13-11(16)7-19-10-4-2-1-3-9(10)14(17)18/h1-4,15H,5-8H2,(H,13,16). The van der Waals surface area contributed by atoms with Gasteiger partial charge in [-0.3, -0.25) is 14.9 Å². The van der Waals surface area contributed by atoms with Crippen LogP contribution in [0, 0.1) is 10.1 Å². The van der Waals surface area contributed by atoms with E-state index in [0.29, 0.717) is 0 Å². The number of nitrogens with one attached hydrogen (secondary N) is 1. The summed E-state index contributed by atoms with van der Waals surface area (Å²) in [5.41, 5.74) is -0.693. The molecule has 0 bridgehead atoms. The van der Waals surface area contributed by atoms with Gasteiger partial charge in [0.1, 0.15) is 0 Å². The fraction of sp³-hybridized carbons (Fsp3) is 0.417. The first-order valence-corrected chi connectivity index (χ1v) is 5.84. The van der Waals surface area contributed by atoms with Crippen LogP contribution in [0.15, 0.2) is 24.3 Å². The number of hydrogen-bond donors (Lipinski definition) is 2. The number of nitro benzene ring substituents is 1. The predicted octanol–water partition coefficient (Wildman–Crippen LogP) is 0.615. The number of nitro groups is 1. The number of carbonyl (C=O) groups excluding carboxylic acids is 1. The molecule has 1 amide bonds. The summed E-state index contributed by atoms with van der Waals surface area (Å²) in [6.07, 6.45) is 1.47. The summed E-state index contributed by atoms with van der Waals surface area (Å²) in [7, 11) is 0. The zero-order valence-corrected chi connectivity index (χ0v) is 10.2. The molecule has 0 saturated heterocycles. The fourth-order valence-corrected chi connectivity index (χ4v) is 1.68. The summed E-state index contributed by atoms with van der Waals surface area (Å²) in [5.74, 6) is -0.346. The lowest BCUT2D eigenvalue weighted by Crippen LogP contribution is -2.42. The van der Waals surface area contributed by atoms with Crippen molar-refractivity contribution in [2.24, 2.45) is 0 Å². The first-order valence-electron chi connectivity index (χ1n) is 5.84. The van der Waals surface area contributed by atoms with Crippen LogP contribution in [0.1, 0.15) is 12.8 Å². The van der Waals surface area contributed by atoms with Gasteiger partial charge in [0.15, 0.2) is 12.4 Å². The Hall–Kier alpha value is -2.15. The maximum absolute atomic E-state index is 11.6. The summed E-state index contributed by atoms with van der Waals surface area (Å²) in [6.45, 7) is -0.420. The van der Waals surface area contributed by atoms with Crippen molar-refractivity contribution in [1.82, 2.24) is 5.32 Å². The van der Waals surface area contributed by atoms with Gasteiger partial charge in [0.2, 0.25) is 0 Å². The van der Waals surface area contributed by atoms with E-state index in [0.717, 1.165) is 12.8 Å². The highest BCUT2D eigenvalue weighted by Gasteiger charge is 2.43. The molecular formula is C12H14N2O5. The van der Waals surface area contributed by atoms with Crippen LogP contribution in [0.4, 0.5) is 5.69 Å². The highest BCUT2D eigenvalue weighted by atomic mass is 16.6. The average Bonchev–Trinajstić information content (AvgIpc) is 3.17. The zero-order valence-electron chi connectivity index (χ0n) is 10.2. The zero-order chi connectivity index (χ0) is 13.9. The fourth-order valence-electron chi connectivity index (χ4n) is 1.68. The van der Waals surface area contributed by atoms with Gasteiger partial charge in [0.25, 0.3) is 5.91 Å². The highest BCUT2D eigenvalue weighted by Crippen LogP contribution is 2.34. The van der Waals surface area contributed by atoms with E-state index in [2.05, 4.69) is 5.32 Å². The molecule has 0 unspecified atom stereocenters. The molecule has 1 fully saturated rings. The van der Waals surface area contributed by atoms with E-state index in [1.165, 1.54) is 18.2 Å². The maximum Gasteiger partial charge on any atom is 0.310 e. The van der Waals surface area contributed by atoms with Crippen LogP contribution in [0.5, 0.6) is 5.75 Å². The van der Waals surface area contributed by atoms with E-state index in [4.69, 9.17) is 9.84 Å². The number of para-hydroxylation sites is 2. The Morgan fingerprint density at radius 2 is 2.16 bits per heavy atom. The smallest absolute Gasteiger partial charge is 0.310 e. The molecule has 102 valence electrons. The molecule has 0 aromatic heterocycles. The van der Waals surface area contributed by atoms with E-state index in [1.54, 1.807) is 6.07 Å². The van der Waals surface area contributed by atoms with Gasteiger partial charge in [0, 0.05) is 6.07 Å². The number of ether oxygens (including phenoxy) is 1. The second kappa shape index (κ2) is 5.23. The first-order chi connectivity index (χ1) is 9.06. The quantitative estimate of drug-likeness (QED) is 0.580. The molecule has 0 heterocycles. The second-order valence-corrected chi connectivity index (χ2v) is 4.50. The van der Waals surface area contributed by atoms with Gasteiger partial charge in [0.05, 0.1) is 17.1 Å². The molecule has 2 rings (SSSR count). The Labute approximate surface area is 109 Å². The van der Waals surface area contributed by atoms with Crippen molar-refractivity contribution in [3.8, 4) is 5.75 Å². The van der Waals surface area contributed by atoms with Crippen molar-refractivity contribution in [2.45, 2.75) is 18.4 Å². The number of benzene rings is 1. The van der Waals surface area contributed by atoms with Crippen LogP contribution in [0.2, 0.25) is 0 Å². The Morgan fingerprint density at radius 3 is 2.74 bits per heavy atom. The monoisotopic (exact) mass is 266 g/mol. The Kier molecular flexibility index (Phi) is 3.66. The van der Waals surface area contributed by atoms with Gasteiger partial charge in [-0.1, -0.05) is 12.1 Å². The molecule has 0 radical (unpaired) electrons. The number of carbonyl (C=O) groups is 1. The number of hydrogen-bond acceptors (Lipinski definition) is 5. The van der Waals surface area contributed by atoms with Crippen LogP contribution in [0.3, 0.4) is 0 Å². The summed E-state index contributed by atoms with van der Waals surface area (Å²) >= 11 is 0. The van der Waals surface area contributed by atoms with Crippen molar-refractivity contribution in [1.29, 1.82) is 0 Å². The largest absolute Gasteiger partial charge is 0.477 e. The summed E-state index contributed by atoms with van der Waals surface area (Å²) < 4.78 is 5.14. The van der Waals surface area contributed by atoms with E-state index >= 15 is 0 Å². The van der Waals surface area contributed by atoms with Crippen LogP contribution >= 0.6 is 0 Å². The van der Waals surface area contributed by atoms with Crippen LogP contribution < -0.4 is 10.1 Å². The van der Waals surface area contributed by atoms with Crippen LogP contribution in [-0.4, -0.2) is 34.7 Å². The topological polar surface area (TPSA) is 102 Å². The molecule has 1 aliphatic rings. The maximum atomic E-state index is 11.6. The van der Waals surface area contributed by atoms with Gasteiger partial charge in [-0.05, 0) is 18.9 Å². The number of amides is 1. The van der Waals surface area contributed by atoms with E-state index in [9.17, 15) is 14.9 Å². The van der Waals surface area contributed by atoms with Crippen molar-refractivity contribution in [2.75, 3.05) is 13.2 Å². The van der Waals surface area contributed by atoms with E-state index < -0.39 is 16.4 Å². The Bertz CT molecular complexity index is 499. The van der Waals surface area contributed by atoms with E-state index in [1.807, 2.05) is 0 Å². The summed E-state index contributed by atoms with van der Waals surface area (Å²) in [4.78, 5) is 21.8. The third kappa shape index (κ3) is 3.19. The normalized spacial score (nSPS) is 15.6. The SMILES string of the molecule is O=C(COc1ccccc1[N+](=O)[O-])NC1(CO)CC1. The van der Waals surface area contributed by atoms with Crippen LogP contribution in [-0.2, 0) is 4.79 Å².